The second kappa shape index (κ2) is 8.05. The van der Waals surface area contributed by atoms with Crippen LogP contribution in [0, 0.1) is 5.82 Å². The van der Waals surface area contributed by atoms with Gasteiger partial charge in [-0.25, -0.2) is 14.1 Å². The van der Waals surface area contributed by atoms with E-state index in [2.05, 4.69) is 46.7 Å². The lowest BCUT2D eigenvalue weighted by Gasteiger charge is -2.10. The molecule has 5 nitrogen and oxygen atoms in total. The molecule has 0 amide bonds. The summed E-state index contributed by atoms with van der Waals surface area (Å²) in [6.07, 6.45) is 1.54. The van der Waals surface area contributed by atoms with Gasteiger partial charge in [-0.2, -0.15) is 0 Å². The number of nitrogens with zero attached hydrogens (tertiary/aromatic N) is 3. The lowest BCUT2D eigenvalue weighted by molar-refractivity contribution is 0.585. The Bertz CT molecular complexity index is 889. The van der Waals surface area contributed by atoms with Crippen LogP contribution >= 0.6 is 12.2 Å². The number of halogens is 1. The number of thiocarbonyl (C=S) groups is 1. The number of anilines is 2. The second-order valence-corrected chi connectivity index (χ2v) is 6.62. The van der Waals surface area contributed by atoms with Crippen molar-refractivity contribution in [2.45, 2.75) is 26.3 Å². The van der Waals surface area contributed by atoms with Gasteiger partial charge in [0.25, 0.3) is 0 Å². The molecule has 0 atom stereocenters. The van der Waals surface area contributed by atoms with Gasteiger partial charge >= 0.3 is 0 Å². The molecule has 0 aliphatic rings. The fourth-order valence-electron chi connectivity index (χ4n) is 2.44. The van der Waals surface area contributed by atoms with Crippen LogP contribution in [0.15, 0.2) is 54.9 Å². The van der Waals surface area contributed by atoms with Gasteiger partial charge < -0.3 is 5.32 Å². The van der Waals surface area contributed by atoms with Crippen molar-refractivity contribution in [3.8, 4) is 0 Å². The molecule has 0 unspecified atom stereocenters. The molecular formula is C19H20FN5S. The molecule has 0 aliphatic carbocycles. The molecule has 1 heterocycles. The number of hydrogen-bond donors (Lipinski definition) is 2. The van der Waals surface area contributed by atoms with Gasteiger partial charge in [0, 0.05) is 11.3 Å². The van der Waals surface area contributed by atoms with Crippen molar-refractivity contribution in [1.82, 2.24) is 14.8 Å². The van der Waals surface area contributed by atoms with Crippen molar-refractivity contribution in [3.63, 3.8) is 0 Å². The molecule has 1 aromatic heterocycles. The SMILES string of the molecule is CC(C)c1ccc(NC(=S)Nc2ncn(Cc3ccccc3F)n2)cc1. The number of aromatic nitrogens is 3. The van der Waals surface area contributed by atoms with E-state index in [1.54, 1.807) is 22.9 Å². The Balaban J connectivity index is 1.58. The van der Waals surface area contributed by atoms with Crippen LogP contribution in [0.3, 0.4) is 0 Å². The smallest absolute Gasteiger partial charge is 0.248 e. The summed E-state index contributed by atoms with van der Waals surface area (Å²) in [7, 11) is 0. The standard InChI is InChI=1S/C19H20FN5S/c1-13(2)14-7-9-16(10-8-14)22-19(26)23-18-21-12-25(24-18)11-15-5-3-4-6-17(15)20/h3-10,12-13H,11H2,1-2H3,(H2,22,23,24,26). The molecule has 0 saturated heterocycles. The van der Waals surface area contributed by atoms with Gasteiger partial charge in [-0.3, -0.25) is 5.32 Å². The third-order valence-corrected chi connectivity index (χ3v) is 4.09. The first-order valence-electron chi connectivity index (χ1n) is 8.32. The summed E-state index contributed by atoms with van der Waals surface area (Å²) in [5, 5.41) is 10.7. The molecule has 7 heteroatoms. The minimum Gasteiger partial charge on any atom is -0.332 e. The Morgan fingerprint density at radius 1 is 1.12 bits per heavy atom. The summed E-state index contributed by atoms with van der Waals surface area (Å²) < 4.78 is 15.3. The summed E-state index contributed by atoms with van der Waals surface area (Å²) in [5.74, 6) is 0.578. The Hall–Kier alpha value is -2.80. The molecule has 2 aromatic carbocycles. The molecule has 26 heavy (non-hydrogen) atoms. The lowest BCUT2D eigenvalue weighted by Crippen LogP contribution is -2.20. The van der Waals surface area contributed by atoms with Crippen molar-refractivity contribution < 1.29 is 4.39 Å². The van der Waals surface area contributed by atoms with Gasteiger partial charge in [-0.05, 0) is 41.9 Å². The zero-order valence-electron chi connectivity index (χ0n) is 14.6. The highest BCUT2D eigenvalue weighted by atomic mass is 32.1. The lowest BCUT2D eigenvalue weighted by atomic mass is 10.0. The van der Waals surface area contributed by atoms with Gasteiger partial charge in [0.2, 0.25) is 5.95 Å². The first-order chi connectivity index (χ1) is 12.5. The van der Waals surface area contributed by atoms with Crippen LogP contribution in [-0.2, 0) is 6.54 Å². The molecule has 3 rings (SSSR count). The van der Waals surface area contributed by atoms with E-state index >= 15 is 0 Å². The first-order valence-corrected chi connectivity index (χ1v) is 8.73. The summed E-state index contributed by atoms with van der Waals surface area (Å²) in [6, 6.07) is 14.7. The Labute approximate surface area is 157 Å². The topological polar surface area (TPSA) is 54.8 Å². The molecule has 0 bridgehead atoms. The number of nitrogens with one attached hydrogen (secondary N) is 2. The molecule has 0 saturated carbocycles. The van der Waals surface area contributed by atoms with E-state index in [0.29, 0.717) is 29.1 Å². The van der Waals surface area contributed by atoms with E-state index in [1.165, 1.54) is 18.0 Å². The predicted octanol–water partition coefficient (Wildman–Crippen LogP) is 4.40. The van der Waals surface area contributed by atoms with Gasteiger partial charge in [0.1, 0.15) is 12.1 Å². The van der Waals surface area contributed by atoms with Gasteiger partial charge in [-0.1, -0.05) is 44.2 Å². The maximum absolute atomic E-state index is 13.7. The fourth-order valence-corrected chi connectivity index (χ4v) is 2.65. The second-order valence-electron chi connectivity index (χ2n) is 6.21. The maximum atomic E-state index is 13.7. The molecular weight excluding hydrogens is 349 g/mol. The van der Waals surface area contributed by atoms with Crippen LogP contribution < -0.4 is 10.6 Å². The van der Waals surface area contributed by atoms with Crippen molar-refractivity contribution in [2.75, 3.05) is 10.6 Å². The third kappa shape index (κ3) is 4.64. The van der Waals surface area contributed by atoms with Gasteiger partial charge in [0.05, 0.1) is 6.54 Å². The molecule has 0 spiro atoms. The number of hydrogen-bond acceptors (Lipinski definition) is 3. The monoisotopic (exact) mass is 369 g/mol. The van der Waals surface area contributed by atoms with Crippen molar-refractivity contribution in [2.24, 2.45) is 0 Å². The fraction of sp³-hybridized carbons (Fsp3) is 0.211. The maximum Gasteiger partial charge on any atom is 0.248 e. The van der Waals surface area contributed by atoms with Crippen molar-refractivity contribution in [3.05, 3.63) is 71.8 Å². The van der Waals surface area contributed by atoms with Crippen molar-refractivity contribution >= 4 is 29.0 Å². The van der Waals surface area contributed by atoms with E-state index in [-0.39, 0.29) is 5.82 Å². The summed E-state index contributed by atoms with van der Waals surface area (Å²) >= 11 is 5.29. The molecule has 2 N–H and O–H groups in total. The zero-order chi connectivity index (χ0) is 18.5. The molecule has 0 radical (unpaired) electrons. The summed E-state index contributed by atoms with van der Waals surface area (Å²) in [6.45, 7) is 4.61. The Morgan fingerprint density at radius 3 is 2.54 bits per heavy atom. The largest absolute Gasteiger partial charge is 0.332 e. The van der Waals surface area contributed by atoms with Crippen LogP contribution in [0.4, 0.5) is 16.0 Å². The van der Waals surface area contributed by atoms with Crippen LogP contribution in [0.1, 0.15) is 30.9 Å². The predicted molar refractivity (Wildman–Crippen MR) is 106 cm³/mol. The molecule has 0 aliphatic heterocycles. The van der Waals surface area contributed by atoms with Crippen LogP contribution in [-0.4, -0.2) is 19.9 Å². The highest BCUT2D eigenvalue weighted by Crippen LogP contribution is 2.17. The van der Waals surface area contributed by atoms with Gasteiger partial charge in [-0.15, -0.1) is 5.10 Å². The van der Waals surface area contributed by atoms with Crippen LogP contribution in [0.5, 0.6) is 0 Å². The first kappa shape index (κ1) is 18.0. The zero-order valence-corrected chi connectivity index (χ0v) is 15.4. The highest BCUT2D eigenvalue weighted by Gasteiger charge is 2.07. The Morgan fingerprint density at radius 2 is 1.85 bits per heavy atom. The molecule has 0 fully saturated rings. The van der Waals surface area contributed by atoms with Crippen LogP contribution in [0.25, 0.3) is 0 Å². The van der Waals surface area contributed by atoms with Crippen molar-refractivity contribution in [1.29, 1.82) is 0 Å². The number of rotatable bonds is 5. The van der Waals surface area contributed by atoms with Crippen LogP contribution in [0.2, 0.25) is 0 Å². The highest BCUT2D eigenvalue weighted by molar-refractivity contribution is 7.80. The van der Waals surface area contributed by atoms with E-state index < -0.39 is 0 Å². The van der Waals surface area contributed by atoms with E-state index in [0.717, 1.165) is 5.69 Å². The van der Waals surface area contributed by atoms with E-state index in [9.17, 15) is 4.39 Å². The third-order valence-electron chi connectivity index (χ3n) is 3.89. The Kier molecular flexibility index (Phi) is 5.58. The molecule has 134 valence electrons. The quantitative estimate of drug-likeness (QED) is 0.653. The molecule has 3 aromatic rings. The number of benzene rings is 2. The normalized spacial score (nSPS) is 10.8. The summed E-state index contributed by atoms with van der Waals surface area (Å²) in [4.78, 5) is 4.15. The minimum absolute atomic E-state index is 0.264. The summed E-state index contributed by atoms with van der Waals surface area (Å²) in [5.41, 5.74) is 2.70. The average Bonchev–Trinajstić information content (AvgIpc) is 3.04. The van der Waals surface area contributed by atoms with E-state index in [4.69, 9.17) is 12.2 Å². The van der Waals surface area contributed by atoms with E-state index in [1.807, 2.05) is 12.1 Å². The average molecular weight is 369 g/mol. The van der Waals surface area contributed by atoms with Gasteiger partial charge in [0.15, 0.2) is 5.11 Å². The minimum atomic E-state index is -0.264.